The minimum Gasteiger partial charge on any atom is -0.399 e. The van der Waals surface area contributed by atoms with Gasteiger partial charge in [-0.3, -0.25) is 0 Å². The van der Waals surface area contributed by atoms with Gasteiger partial charge in [0.15, 0.2) is 5.96 Å². The van der Waals surface area contributed by atoms with E-state index < -0.39 is 0 Å². The zero-order valence-corrected chi connectivity index (χ0v) is 18.0. The fraction of sp³-hybridized carbons (Fsp3) is 0. The molecule has 0 saturated carbocycles. The van der Waals surface area contributed by atoms with Crippen molar-refractivity contribution < 1.29 is 0 Å². The lowest BCUT2D eigenvalue weighted by Gasteiger charge is -1.97. The minimum absolute atomic E-state index is 0. The number of benzene rings is 2. The van der Waals surface area contributed by atoms with Crippen LogP contribution in [0.25, 0.3) is 0 Å². The largest absolute Gasteiger partial charge is 0.399 e. The number of guanidine groups is 2. The van der Waals surface area contributed by atoms with E-state index in [2.05, 4.69) is 9.98 Å². The average Bonchev–Trinajstić information content (AvgIpc) is 2.55. The highest BCUT2D eigenvalue weighted by Gasteiger charge is 1.97. The van der Waals surface area contributed by atoms with E-state index in [1.165, 1.54) is 6.19 Å². The smallest absolute Gasteiger partial charge is 0.209 e. The first-order valence-corrected chi connectivity index (χ1v) is 8.31. The van der Waals surface area contributed by atoms with Crippen LogP contribution in [-0.2, 0) is 0 Å². The van der Waals surface area contributed by atoms with Gasteiger partial charge in [0.05, 0.1) is 25.8 Å². The quantitative estimate of drug-likeness (QED) is 0.178. The molecule has 8 nitrogen and oxygen atoms in total. The number of hydrogen-bond donors (Lipinski definition) is 5. The monoisotopic (exact) mass is 484 g/mol. The van der Waals surface area contributed by atoms with Crippen LogP contribution in [0.1, 0.15) is 0 Å². The van der Waals surface area contributed by atoms with Gasteiger partial charge in [-0.2, -0.15) is 5.26 Å². The second-order valence-electron chi connectivity index (χ2n) is 4.45. The Morgan fingerprint density at radius 1 is 0.786 bits per heavy atom. The van der Waals surface area contributed by atoms with Gasteiger partial charge in [0.2, 0.25) is 12.2 Å². The predicted octanol–water partition coefficient (Wildman–Crippen LogP) is 3.64. The Bertz CT molecular complexity index is 856. The first-order chi connectivity index (χ1) is 12.6. The van der Waals surface area contributed by atoms with Crippen LogP contribution < -0.4 is 28.7 Å². The molecule has 13 heteroatoms. The van der Waals surface area contributed by atoms with Gasteiger partial charge in [-0.05, 0) is 36.4 Å². The molecule has 0 aliphatic carbocycles. The number of nitrogens with zero attached hydrogens (tertiary/aromatic N) is 3. The molecule has 0 aromatic heterocycles. The summed E-state index contributed by atoms with van der Waals surface area (Å²) in [6, 6.07) is 9.88. The van der Waals surface area contributed by atoms with E-state index in [1.54, 1.807) is 36.4 Å². The highest BCUT2D eigenvalue weighted by atomic mass is 35.5. The lowest BCUT2D eigenvalue weighted by atomic mass is 10.3. The minimum atomic E-state index is -0.197. The molecule has 2 rings (SSSR count). The molecule has 0 heterocycles. The van der Waals surface area contributed by atoms with Crippen LogP contribution in [0.3, 0.4) is 0 Å². The van der Waals surface area contributed by atoms with Crippen molar-refractivity contribution in [2.45, 2.75) is 0 Å². The molecule has 0 bridgehead atoms. The van der Waals surface area contributed by atoms with Gasteiger partial charge < -0.3 is 28.7 Å². The highest BCUT2D eigenvalue weighted by molar-refractivity contribution is 6.42. The summed E-state index contributed by atoms with van der Waals surface area (Å²) in [7, 11) is 0. The molecule has 0 radical (unpaired) electrons. The van der Waals surface area contributed by atoms with Gasteiger partial charge in [0.25, 0.3) is 0 Å². The third kappa shape index (κ3) is 13.0. The van der Waals surface area contributed by atoms with Crippen molar-refractivity contribution >= 4 is 82.1 Å². The summed E-state index contributed by atoms with van der Waals surface area (Å²) in [4.78, 5) is 6.69. The van der Waals surface area contributed by atoms with Crippen molar-refractivity contribution in [1.29, 1.82) is 5.26 Å². The fourth-order valence-corrected chi connectivity index (χ4v) is 1.87. The third-order valence-corrected chi connectivity index (χ3v) is 3.76. The maximum Gasteiger partial charge on any atom is 0.209 e. The topological polar surface area (TPSA) is 179 Å². The van der Waals surface area contributed by atoms with Crippen LogP contribution in [0.5, 0.6) is 0 Å². The Balaban J connectivity index is 0. The van der Waals surface area contributed by atoms with E-state index in [-0.39, 0.29) is 24.3 Å². The molecule has 0 aliphatic heterocycles. The van der Waals surface area contributed by atoms with E-state index in [0.29, 0.717) is 31.5 Å². The van der Waals surface area contributed by atoms with Crippen molar-refractivity contribution in [3.05, 3.63) is 56.5 Å². The van der Waals surface area contributed by atoms with Crippen LogP contribution in [0.2, 0.25) is 20.1 Å². The van der Waals surface area contributed by atoms with Crippen molar-refractivity contribution in [3.8, 4) is 6.19 Å². The highest BCUT2D eigenvalue weighted by Crippen LogP contribution is 2.26. The summed E-state index contributed by atoms with van der Waals surface area (Å²) in [6.45, 7) is 0. The molecule has 2 aromatic carbocycles. The van der Waals surface area contributed by atoms with Crippen LogP contribution in [0.4, 0.5) is 11.4 Å². The lowest BCUT2D eigenvalue weighted by molar-refractivity contribution is 1.39. The number of rotatable bonds is 1. The Morgan fingerprint density at radius 2 is 1.29 bits per heavy atom. The van der Waals surface area contributed by atoms with Crippen LogP contribution in [0, 0.1) is 11.5 Å². The Hall–Kier alpha value is -2.28. The molecule has 28 heavy (non-hydrogen) atoms. The second kappa shape index (κ2) is 14.7. The number of aliphatic imine (C=N–C) groups is 2. The van der Waals surface area contributed by atoms with Gasteiger partial charge >= 0.3 is 0 Å². The molecule has 0 saturated heterocycles. The van der Waals surface area contributed by atoms with Crippen LogP contribution >= 0.6 is 58.8 Å². The summed E-state index contributed by atoms with van der Waals surface area (Å²) in [6.07, 6.45) is 1.41. The Kier molecular flexibility index (Phi) is 14.7. The molecular weight excluding hydrogens is 469 g/mol. The lowest BCUT2D eigenvalue weighted by Crippen LogP contribution is -2.21. The number of halogens is 5. The van der Waals surface area contributed by atoms with E-state index in [9.17, 15) is 0 Å². The van der Waals surface area contributed by atoms with Gasteiger partial charge in [-0.15, -0.1) is 17.4 Å². The second-order valence-corrected chi connectivity index (χ2v) is 6.07. The summed E-state index contributed by atoms with van der Waals surface area (Å²) in [5.74, 6) is -0.203. The maximum absolute atomic E-state index is 7.64. The maximum atomic E-state index is 7.64. The zero-order chi connectivity index (χ0) is 21.0. The Morgan fingerprint density at radius 3 is 1.61 bits per heavy atom. The third-order valence-electron chi connectivity index (χ3n) is 2.28. The standard InChI is InChI=1S/C7H7Cl2N3.C6H5Cl2N.C2H4N4.ClH/c8-5-2-1-4(3-6(5)9)12-7(10)11;7-5-2-1-4(9)3-6(5)8;3-1-6-2(4)5;/h1-3H,(H4,10,11,12);1-3H,9H2;(H4,4,5,6);1H. The van der Waals surface area contributed by atoms with Crippen molar-refractivity contribution in [2.75, 3.05) is 5.73 Å². The first kappa shape index (κ1) is 27.9. The van der Waals surface area contributed by atoms with E-state index in [4.69, 9.17) is 80.3 Å². The van der Waals surface area contributed by atoms with E-state index >= 15 is 0 Å². The number of nitriles is 1. The Labute approximate surface area is 188 Å². The molecule has 10 N–H and O–H groups in total. The number of nitrogen functional groups attached to an aromatic ring is 1. The molecule has 0 aliphatic rings. The van der Waals surface area contributed by atoms with Gasteiger partial charge in [0.1, 0.15) is 0 Å². The fourth-order valence-electron chi connectivity index (χ4n) is 1.27. The van der Waals surface area contributed by atoms with Gasteiger partial charge in [-0.1, -0.05) is 46.4 Å². The summed E-state index contributed by atoms with van der Waals surface area (Å²) in [5.41, 5.74) is 26.3. The number of anilines is 1. The molecule has 0 atom stereocenters. The number of nitrogens with two attached hydrogens (primary N) is 5. The predicted molar refractivity (Wildman–Crippen MR) is 121 cm³/mol. The SMILES string of the molecule is Cl.N#CN=C(N)N.NC(N)=Nc1ccc(Cl)c(Cl)c1.Nc1ccc(Cl)c(Cl)c1. The molecular formula is C15H17Cl5N8. The van der Waals surface area contributed by atoms with Crippen molar-refractivity contribution in [2.24, 2.45) is 32.9 Å². The van der Waals surface area contributed by atoms with E-state index in [1.807, 2.05) is 0 Å². The molecule has 0 spiro atoms. The first-order valence-electron chi connectivity index (χ1n) is 6.79. The summed E-state index contributed by atoms with van der Waals surface area (Å²) < 4.78 is 0. The molecule has 0 unspecified atom stereocenters. The van der Waals surface area contributed by atoms with Crippen LogP contribution in [-0.4, -0.2) is 11.9 Å². The van der Waals surface area contributed by atoms with Crippen LogP contribution in [0.15, 0.2) is 46.4 Å². The molecule has 152 valence electrons. The summed E-state index contributed by atoms with van der Waals surface area (Å²) >= 11 is 22.6. The molecule has 2 aromatic rings. The van der Waals surface area contributed by atoms with E-state index in [0.717, 1.165) is 0 Å². The number of hydrogen-bond acceptors (Lipinski definition) is 4. The normalized spacial score (nSPS) is 8.39. The summed E-state index contributed by atoms with van der Waals surface area (Å²) in [5, 5.41) is 9.58. The van der Waals surface area contributed by atoms with Gasteiger partial charge in [0, 0.05) is 5.69 Å². The van der Waals surface area contributed by atoms with Crippen molar-refractivity contribution in [3.63, 3.8) is 0 Å². The molecule has 0 amide bonds. The molecule has 0 fully saturated rings. The van der Waals surface area contributed by atoms with Crippen molar-refractivity contribution in [1.82, 2.24) is 0 Å². The zero-order valence-electron chi connectivity index (χ0n) is 14.1. The average molecular weight is 487 g/mol. The van der Waals surface area contributed by atoms with Gasteiger partial charge in [-0.25, -0.2) is 4.99 Å².